The van der Waals surface area contributed by atoms with E-state index in [1.165, 1.54) is 0 Å². The Morgan fingerprint density at radius 3 is 2.68 bits per heavy atom. The van der Waals surface area contributed by atoms with Crippen LogP contribution in [0.3, 0.4) is 0 Å². The van der Waals surface area contributed by atoms with E-state index >= 15 is 0 Å². The van der Waals surface area contributed by atoms with E-state index in [4.69, 9.17) is 14.6 Å². The summed E-state index contributed by atoms with van der Waals surface area (Å²) < 4.78 is 10.8. The largest absolute Gasteiger partial charge is 0.493 e. The molecule has 0 amide bonds. The number of carbonyl (C=O) groups is 1. The van der Waals surface area contributed by atoms with Crippen molar-refractivity contribution in [1.82, 2.24) is 5.32 Å². The van der Waals surface area contributed by atoms with Crippen molar-refractivity contribution in [2.24, 2.45) is 0 Å². The predicted octanol–water partition coefficient (Wildman–Crippen LogP) is 2.08. The highest BCUT2D eigenvalue weighted by Gasteiger charge is 2.05. The number of halogens is 1. The first-order chi connectivity index (χ1) is 8.67. The fraction of sp³-hybridized carbons (Fsp3) is 0.462. The highest BCUT2D eigenvalue weighted by Crippen LogP contribution is 2.28. The summed E-state index contributed by atoms with van der Waals surface area (Å²) in [5.41, 5.74) is 0.956. The van der Waals surface area contributed by atoms with Crippen molar-refractivity contribution >= 4 is 18.4 Å². The van der Waals surface area contributed by atoms with Gasteiger partial charge in [0.1, 0.15) is 0 Å². The van der Waals surface area contributed by atoms with Gasteiger partial charge in [0.25, 0.3) is 0 Å². The number of methoxy groups -OCH3 is 1. The number of hydrogen-bond donors (Lipinski definition) is 2. The molecule has 5 nitrogen and oxygen atoms in total. The molecular formula is C13H20ClNO4. The molecule has 0 heterocycles. The summed E-state index contributed by atoms with van der Waals surface area (Å²) in [4.78, 5) is 10.4. The summed E-state index contributed by atoms with van der Waals surface area (Å²) >= 11 is 0. The number of carboxylic acids is 1. The first-order valence-electron chi connectivity index (χ1n) is 5.89. The molecule has 0 radical (unpaired) electrons. The Morgan fingerprint density at radius 1 is 1.37 bits per heavy atom. The van der Waals surface area contributed by atoms with Crippen LogP contribution in [0.5, 0.6) is 11.5 Å². The third kappa shape index (κ3) is 6.31. The fourth-order valence-corrected chi connectivity index (χ4v) is 1.47. The van der Waals surface area contributed by atoms with E-state index in [0.717, 1.165) is 12.0 Å². The first kappa shape index (κ1) is 17.5. The van der Waals surface area contributed by atoms with Crippen LogP contribution < -0.4 is 14.8 Å². The van der Waals surface area contributed by atoms with Gasteiger partial charge in [-0.15, -0.1) is 12.4 Å². The molecule has 2 N–H and O–H groups in total. The number of carboxylic acid groups (broad SMARTS) is 1. The van der Waals surface area contributed by atoms with Crippen LogP contribution >= 0.6 is 12.4 Å². The van der Waals surface area contributed by atoms with Crippen molar-refractivity contribution in [3.05, 3.63) is 23.8 Å². The monoisotopic (exact) mass is 289 g/mol. The van der Waals surface area contributed by atoms with Gasteiger partial charge in [0.2, 0.25) is 0 Å². The van der Waals surface area contributed by atoms with Gasteiger partial charge in [-0.1, -0.05) is 13.0 Å². The Kier molecular flexibility index (Phi) is 8.74. The van der Waals surface area contributed by atoms with Gasteiger partial charge in [0.05, 0.1) is 20.3 Å². The van der Waals surface area contributed by atoms with Gasteiger partial charge in [-0.25, -0.2) is 0 Å². The minimum atomic E-state index is -0.870. The standard InChI is InChI=1S/C13H19NO4.ClH/c1-3-6-18-11-5-4-10(7-12(11)17-2)8-14-9-13(15)16;/h4-5,7,14H,3,6,8-9H2,1-2H3,(H,15,16);1H. The molecule has 0 bridgehead atoms. The van der Waals surface area contributed by atoms with Crippen LogP contribution in [0.15, 0.2) is 18.2 Å². The Labute approximate surface area is 119 Å². The summed E-state index contributed by atoms with van der Waals surface area (Å²) in [6.45, 7) is 3.11. The van der Waals surface area contributed by atoms with Gasteiger partial charge >= 0.3 is 5.97 Å². The predicted molar refractivity (Wildman–Crippen MR) is 75.4 cm³/mol. The van der Waals surface area contributed by atoms with E-state index in [0.29, 0.717) is 24.7 Å². The van der Waals surface area contributed by atoms with Crippen LogP contribution in [-0.4, -0.2) is 31.3 Å². The summed E-state index contributed by atoms with van der Waals surface area (Å²) in [6, 6.07) is 5.58. The van der Waals surface area contributed by atoms with Crippen molar-refractivity contribution in [1.29, 1.82) is 0 Å². The Morgan fingerprint density at radius 2 is 2.11 bits per heavy atom. The van der Waals surface area contributed by atoms with E-state index in [1.54, 1.807) is 7.11 Å². The lowest BCUT2D eigenvalue weighted by Gasteiger charge is -2.11. The van der Waals surface area contributed by atoms with E-state index in [2.05, 4.69) is 5.32 Å². The lowest BCUT2D eigenvalue weighted by Crippen LogP contribution is -2.21. The van der Waals surface area contributed by atoms with Crippen LogP contribution in [0.1, 0.15) is 18.9 Å². The lowest BCUT2D eigenvalue weighted by atomic mass is 10.2. The lowest BCUT2D eigenvalue weighted by molar-refractivity contribution is -0.135. The third-order valence-corrected chi connectivity index (χ3v) is 2.30. The molecule has 0 aliphatic heterocycles. The normalized spacial score (nSPS) is 9.58. The maximum absolute atomic E-state index is 10.4. The van der Waals surface area contributed by atoms with E-state index in [-0.39, 0.29) is 19.0 Å². The molecule has 0 atom stereocenters. The van der Waals surface area contributed by atoms with Crippen molar-refractivity contribution < 1.29 is 19.4 Å². The number of ether oxygens (including phenoxy) is 2. The van der Waals surface area contributed by atoms with Crippen molar-refractivity contribution in [2.75, 3.05) is 20.3 Å². The molecule has 0 fully saturated rings. The molecule has 0 saturated heterocycles. The second kappa shape index (κ2) is 9.47. The summed E-state index contributed by atoms with van der Waals surface area (Å²) in [6.07, 6.45) is 0.936. The zero-order valence-corrected chi connectivity index (χ0v) is 12.0. The highest BCUT2D eigenvalue weighted by atomic mass is 35.5. The number of hydrogen-bond acceptors (Lipinski definition) is 4. The SMILES string of the molecule is CCCOc1ccc(CNCC(=O)O)cc1OC.Cl. The van der Waals surface area contributed by atoms with Crippen LogP contribution in [0.4, 0.5) is 0 Å². The second-order valence-electron chi connectivity index (χ2n) is 3.83. The maximum atomic E-state index is 10.4. The quantitative estimate of drug-likeness (QED) is 0.767. The molecule has 1 rings (SSSR count). The summed E-state index contributed by atoms with van der Waals surface area (Å²) in [5, 5.41) is 11.3. The Hall–Kier alpha value is -1.46. The number of nitrogens with one attached hydrogen (secondary N) is 1. The molecule has 0 aliphatic carbocycles. The van der Waals surface area contributed by atoms with Crippen LogP contribution in [0.25, 0.3) is 0 Å². The van der Waals surface area contributed by atoms with Crippen molar-refractivity contribution in [2.45, 2.75) is 19.9 Å². The molecule has 1 aromatic carbocycles. The van der Waals surface area contributed by atoms with Crippen LogP contribution in [-0.2, 0) is 11.3 Å². The van der Waals surface area contributed by atoms with Gasteiger partial charge in [-0.3, -0.25) is 4.79 Å². The topological polar surface area (TPSA) is 67.8 Å². The third-order valence-electron chi connectivity index (χ3n) is 2.30. The molecule has 19 heavy (non-hydrogen) atoms. The van der Waals surface area contributed by atoms with E-state index in [9.17, 15) is 4.79 Å². The summed E-state index contributed by atoms with van der Waals surface area (Å²) in [7, 11) is 1.59. The Bertz CT molecular complexity index is 398. The highest BCUT2D eigenvalue weighted by molar-refractivity contribution is 5.85. The van der Waals surface area contributed by atoms with E-state index < -0.39 is 5.97 Å². The molecule has 0 aromatic heterocycles. The molecule has 0 saturated carbocycles. The number of benzene rings is 1. The van der Waals surface area contributed by atoms with Crippen LogP contribution in [0, 0.1) is 0 Å². The molecule has 0 aliphatic rings. The van der Waals surface area contributed by atoms with Gasteiger partial charge < -0.3 is 19.9 Å². The minimum absolute atomic E-state index is 0. The maximum Gasteiger partial charge on any atom is 0.317 e. The summed E-state index contributed by atoms with van der Waals surface area (Å²) in [5.74, 6) is 0.504. The van der Waals surface area contributed by atoms with Gasteiger partial charge in [0, 0.05) is 6.54 Å². The first-order valence-corrected chi connectivity index (χ1v) is 5.89. The second-order valence-corrected chi connectivity index (χ2v) is 3.83. The van der Waals surface area contributed by atoms with Crippen molar-refractivity contribution in [3.8, 4) is 11.5 Å². The molecular weight excluding hydrogens is 270 g/mol. The number of rotatable bonds is 8. The van der Waals surface area contributed by atoms with E-state index in [1.807, 2.05) is 25.1 Å². The van der Waals surface area contributed by atoms with Crippen molar-refractivity contribution in [3.63, 3.8) is 0 Å². The zero-order valence-electron chi connectivity index (χ0n) is 11.1. The average Bonchev–Trinajstić information content (AvgIpc) is 2.36. The zero-order chi connectivity index (χ0) is 13.4. The smallest absolute Gasteiger partial charge is 0.317 e. The fourth-order valence-electron chi connectivity index (χ4n) is 1.47. The average molecular weight is 290 g/mol. The number of aliphatic carboxylic acids is 1. The van der Waals surface area contributed by atoms with Gasteiger partial charge in [0.15, 0.2) is 11.5 Å². The molecule has 6 heteroatoms. The van der Waals surface area contributed by atoms with Crippen LogP contribution in [0.2, 0.25) is 0 Å². The minimum Gasteiger partial charge on any atom is -0.493 e. The molecule has 108 valence electrons. The van der Waals surface area contributed by atoms with Gasteiger partial charge in [-0.2, -0.15) is 0 Å². The molecule has 0 spiro atoms. The van der Waals surface area contributed by atoms with Gasteiger partial charge in [-0.05, 0) is 24.1 Å². The molecule has 1 aromatic rings. The molecule has 0 unspecified atom stereocenters. The Balaban J connectivity index is 0.00000324.